The van der Waals surface area contributed by atoms with E-state index in [1.807, 2.05) is 19.2 Å². The Kier molecular flexibility index (Phi) is 3.68. The van der Waals surface area contributed by atoms with Gasteiger partial charge in [-0.15, -0.1) is 11.3 Å². The fourth-order valence-corrected chi connectivity index (χ4v) is 2.74. The Balaban J connectivity index is 2.14. The zero-order valence-corrected chi connectivity index (χ0v) is 11.1. The van der Waals surface area contributed by atoms with Gasteiger partial charge in [-0.05, 0) is 19.4 Å². The second-order valence-corrected chi connectivity index (χ2v) is 5.36. The molecule has 0 saturated carbocycles. The molecule has 1 atom stereocenters. The Labute approximate surface area is 109 Å². The lowest BCUT2D eigenvalue weighted by atomic mass is 10.1. The molecule has 98 valence electrons. The van der Waals surface area contributed by atoms with Gasteiger partial charge in [0.15, 0.2) is 6.10 Å². The van der Waals surface area contributed by atoms with Crippen LogP contribution in [0.3, 0.4) is 0 Å². The van der Waals surface area contributed by atoms with Crippen LogP contribution in [0.5, 0.6) is 0 Å². The summed E-state index contributed by atoms with van der Waals surface area (Å²) < 4.78 is 5.10. The van der Waals surface area contributed by atoms with Crippen LogP contribution in [0.2, 0.25) is 0 Å². The van der Waals surface area contributed by atoms with Crippen LogP contribution < -0.4 is 0 Å². The van der Waals surface area contributed by atoms with Gasteiger partial charge >= 0.3 is 5.97 Å². The molecule has 2 heterocycles. The van der Waals surface area contributed by atoms with Gasteiger partial charge in [-0.3, -0.25) is 4.79 Å². The SMILES string of the molecule is Cc1scc(C(=O)N2CCOC(C(=O)O)C2)c1C. The smallest absolute Gasteiger partial charge is 0.334 e. The van der Waals surface area contributed by atoms with Gasteiger partial charge in [-0.25, -0.2) is 4.79 Å². The van der Waals surface area contributed by atoms with E-state index < -0.39 is 12.1 Å². The summed E-state index contributed by atoms with van der Waals surface area (Å²) in [5.74, 6) is -1.13. The number of carbonyl (C=O) groups excluding carboxylic acids is 1. The molecule has 1 aliphatic rings. The molecule has 1 saturated heterocycles. The van der Waals surface area contributed by atoms with Crippen molar-refractivity contribution in [3.05, 3.63) is 21.4 Å². The molecule has 18 heavy (non-hydrogen) atoms. The van der Waals surface area contributed by atoms with Crippen molar-refractivity contribution in [3.8, 4) is 0 Å². The molecule has 1 fully saturated rings. The van der Waals surface area contributed by atoms with E-state index in [-0.39, 0.29) is 19.1 Å². The Hall–Kier alpha value is -1.40. The standard InChI is InChI=1S/C12H15NO4S/c1-7-8(2)18-6-9(7)11(14)13-3-4-17-10(5-13)12(15)16/h6,10H,3-5H2,1-2H3,(H,15,16). The molecule has 0 radical (unpaired) electrons. The summed E-state index contributed by atoms with van der Waals surface area (Å²) in [4.78, 5) is 25.8. The fraction of sp³-hybridized carbons (Fsp3) is 0.500. The minimum atomic E-state index is -1.02. The summed E-state index contributed by atoms with van der Waals surface area (Å²) in [5.41, 5.74) is 1.65. The normalized spacial score (nSPS) is 19.9. The quantitative estimate of drug-likeness (QED) is 0.878. The number of carbonyl (C=O) groups is 2. The second-order valence-electron chi connectivity index (χ2n) is 4.28. The van der Waals surface area contributed by atoms with Crippen molar-refractivity contribution in [3.63, 3.8) is 0 Å². The largest absolute Gasteiger partial charge is 0.479 e. The van der Waals surface area contributed by atoms with Crippen LogP contribution in [0.25, 0.3) is 0 Å². The maximum atomic E-state index is 12.3. The van der Waals surface area contributed by atoms with E-state index in [4.69, 9.17) is 9.84 Å². The molecule has 0 spiro atoms. The fourth-order valence-electron chi connectivity index (χ4n) is 1.88. The van der Waals surface area contributed by atoms with Gasteiger partial charge in [0, 0.05) is 16.8 Å². The molecule has 6 heteroatoms. The van der Waals surface area contributed by atoms with Crippen molar-refractivity contribution in [2.45, 2.75) is 20.0 Å². The van der Waals surface area contributed by atoms with Crippen molar-refractivity contribution in [1.29, 1.82) is 0 Å². The maximum Gasteiger partial charge on any atom is 0.334 e. The number of carboxylic acids is 1. The van der Waals surface area contributed by atoms with Crippen molar-refractivity contribution >= 4 is 23.2 Å². The molecule has 5 nitrogen and oxygen atoms in total. The molecule has 1 aromatic heterocycles. The van der Waals surface area contributed by atoms with Crippen LogP contribution in [0.4, 0.5) is 0 Å². The first-order valence-corrected chi connectivity index (χ1v) is 6.57. The lowest BCUT2D eigenvalue weighted by molar-refractivity contribution is -0.154. The number of hydrogen-bond acceptors (Lipinski definition) is 4. The highest BCUT2D eigenvalue weighted by atomic mass is 32.1. The number of morpholine rings is 1. The van der Waals surface area contributed by atoms with Gasteiger partial charge in [0.05, 0.1) is 18.7 Å². The summed E-state index contributed by atoms with van der Waals surface area (Å²) >= 11 is 1.54. The minimum Gasteiger partial charge on any atom is -0.479 e. The summed E-state index contributed by atoms with van der Waals surface area (Å²) in [7, 11) is 0. The summed E-state index contributed by atoms with van der Waals surface area (Å²) in [6.45, 7) is 4.70. The van der Waals surface area contributed by atoms with Crippen molar-refractivity contribution in [2.24, 2.45) is 0 Å². The summed E-state index contributed by atoms with van der Waals surface area (Å²) in [6, 6.07) is 0. The van der Waals surface area contributed by atoms with Crippen molar-refractivity contribution in [2.75, 3.05) is 19.7 Å². The highest BCUT2D eigenvalue weighted by Gasteiger charge is 2.30. The average Bonchev–Trinajstić information content (AvgIpc) is 2.69. The van der Waals surface area contributed by atoms with Crippen LogP contribution in [-0.4, -0.2) is 47.7 Å². The molecular formula is C12H15NO4S. The van der Waals surface area contributed by atoms with Crippen molar-refractivity contribution < 1.29 is 19.4 Å². The average molecular weight is 269 g/mol. The highest BCUT2D eigenvalue weighted by molar-refractivity contribution is 7.10. The number of amides is 1. The molecule has 1 aromatic rings. The third-order valence-electron chi connectivity index (χ3n) is 3.15. The second kappa shape index (κ2) is 5.07. The number of rotatable bonds is 2. The predicted octanol–water partition coefficient (Wildman–Crippen LogP) is 1.29. The first-order valence-electron chi connectivity index (χ1n) is 5.69. The van der Waals surface area contributed by atoms with Crippen LogP contribution in [-0.2, 0) is 9.53 Å². The van der Waals surface area contributed by atoms with Gasteiger partial charge in [0.2, 0.25) is 0 Å². The van der Waals surface area contributed by atoms with Gasteiger partial charge in [-0.2, -0.15) is 0 Å². The van der Waals surface area contributed by atoms with Crippen LogP contribution in [0.1, 0.15) is 20.8 Å². The van der Waals surface area contributed by atoms with Crippen molar-refractivity contribution in [1.82, 2.24) is 4.90 Å². The highest BCUT2D eigenvalue weighted by Crippen LogP contribution is 2.22. The molecule has 1 amide bonds. The summed E-state index contributed by atoms with van der Waals surface area (Å²) in [5, 5.41) is 10.7. The lowest BCUT2D eigenvalue weighted by Crippen LogP contribution is -2.48. The number of ether oxygens (including phenoxy) is 1. The molecule has 0 aromatic carbocycles. The Morgan fingerprint density at radius 3 is 2.78 bits per heavy atom. The van der Waals surface area contributed by atoms with Gasteiger partial charge in [0.25, 0.3) is 5.91 Å². The van der Waals surface area contributed by atoms with E-state index >= 15 is 0 Å². The van der Waals surface area contributed by atoms with Crippen LogP contribution in [0, 0.1) is 13.8 Å². The monoisotopic (exact) mass is 269 g/mol. The molecule has 1 aliphatic heterocycles. The molecular weight excluding hydrogens is 254 g/mol. The first kappa shape index (κ1) is 13.0. The van der Waals surface area contributed by atoms with E-state index in [0.29, 0.717) is 12.1 Å². The van der Waals surface area contributed by atoms with Gasteiger partial charge in [-0.1, -0.05) is 0 Å². The topological polar surface area (TPSA) is 66.8 Å². The lowest BCUT2D eigenvalue weighted by Gasteiger charge is -2.30. The predicted molar refractivity (Wildman–Crippen MR) is 67.1 cm³/mol. The van der Waals surface area contributed by atoms with E-state index in [9.17, 15) is 9.59 Å². The van der Waals surface area contributed by atoms with Gasteiger partial charge < -0.3 is 14.7 Å². The number of carboxylic acid groups (broad SMARTS) is 1. The van der Waals surface area contributed by atoms with Gasteiger partial charge in [0.1, 0.15) is 0 Å². The Bertz CT molecular complexity index is 482. The molecule has 1 N–H and O–H groups in total. The Morgan fingerprint density at radius 2 is 2.22 bits per heavy atom. The van der Waals surface area contributed by atoms with E-state index in [2.05, 4.69) is 0 Å². The van der Waals surface area contributed by atoms with E-state index in [1.54, 1.807) is 4.90 Å². The number of aryl methyl sites for hydroxylation is 1. The molecule has 2 rings (SSSR count). The minimum absolute atomic E-state index is 0.105. The van der Waals surface area contributed by atoms with Crippen LogP contribution >= 0.6 is 11.3 Å². The maximum absolute atomic E-state index is 12.3. The van der Waals surface area contributed by atoms with E-state index in [1.165, 1.54) is 11.3 Å². The number of aliphatic carboxylic acids is 1. The van der Waals surface area contributed by atoms with Crippen LogP contribution in [0.15, 0.2) is 5.38 Å². The zero-order chi connectivity index (χ0) is 13.3. The molecule has 0 aliphatic carbocycles. The molecule has 1 unspecified atom stereocenters. The number of thiophene rings is 1. The third kappa shape index (κ3) is 2.39. The Morgan fingerprint density at radius 1 is 1.50 bits per heavy atom. The molecule has 0 bridgehead atoms. The summed E-state index contributed by atoms with van der Waals surface area (Å²) in [6.07, 6.45) is -0.914. The number of nitrogens with zero attached hydrogens (tertiary/aromatic N) is 1. The van der Waals surface area contributed by atoms with E-state index in [0.717, 1.165) is 10.4 Å². The zero-order valence-electron chi connectivity index (χ0n) is 10.3. The first-order chi connectivity index (χ1) is 8.50. The third-order valence-corrected chi connectivity index (χ3v) is 4.16. The number of hydrogen-bond donors (Lipinski definition) is 1.